The summed E-state index contributed by atoms with van der Waals surface area (Å²) >= 11 is 5.72. The molecule has 0 atom stereocenters. The van der Waals surface area contributed by atoms with E-state index < -0.39 is 10.0 Å². The standard InChI is InChI=1S/C11H12ClNO2S/c12-10-3-1-9(2-4-10)7-8-16(14,15)13-11-5-6-11/h1-4,7-8,11,13H,5-6H2. The van der Waals surface area contributed by atoms with E-state index >= 15 is 0 Å². The smallest absolute Gasteiger partial charge is 0.209 e. The van der Waals surface area contributed by atoms with Crippen LogP contribution in [0.25, 0.3) is 6.08 Å². The largest absolute Gasteiger partial charge is 0.233 e. The Bertz CT molecular complexity index is 489. The maximum absolute atomic E-state index is 11.5. The number of benzene rings is 1. The van der Waals surface area contributed by atoms with Gasteiger partial charge in [-0.3, -0.25) is 0 Å². The van der Waals surface area contributed by atoms with Gasteiger partial charge < -0.3 is 0 Å². The fourth-order valence-electron chi connectivity index (χ4n) is 1.21. The van der Waals surface area contributed by atoms with Crippen LogP contribution in [0.2, 0.25) is 5.02 Å². The minimum absolute atomic E-state index is 0.139. The molecule has 1 N–H and O–H groups in total. The third-order valence-electron chi connectivity index (χ3n) is 2.22. The van der Waals surface area contributed by atoms with Gasteiger partial charge >= 0.3 is 0 Å². The monoisotopic (exact) mass is 257 g/mol. The molecule has 16 heavy (non-hydrogen) atoms. The molecule has 1 saturated carbocycles. The van der Waals surface area contributed by atoms with Crippen LogP contribution >= 0.6 is 11.6 Å². The molecule has 3 nitrogen and oxygen atoms in total. The number of halogens is 1. The minimum atomic E-state index is -3.29. The van der Waals surface area contributed by atoms with Gasteiger partial charge in [0.15, 0.2) is 0 Å². The van der Waals surface area contributed by atoms with Crippen molar-refractivity contribution in [3.05, 3.63) is 40.3 Å². The van der Waals surface area contributed by atoms with Gasteiger partial charge in [-0.05, 0) is 36.6 Å². The summed E-state index contributed by atoms with van der Waals surface area (Å²) in [5.41, 5.74) is 0.811. The summed E-state index contributed by atoms with van der Waals surface area (Å²) in [6.07, 6.45) is 3.43. The van der Waals surface area contributed by atoms with Gasteiger partial charge in [0.25, 0.3) is 0 Å². The van der Waals surface area contributed by atoms with Crippen molar-refractivity contribution < 1.29 is 8.42 Å². The molecule has 1 aromatic rings. The van der Waals surface area contributed by atoms with E-state index in [1.165, 1.54) is 5.41 Å². The third kappa shape index (κ3) is 3.63. The molecule has 0 spiro atoms. The Balaban J connectivity index is 2.04. The van der Waals surface area contributed by atoms with E-state index in [9.17, 15) is 8.42 Å². The summed E-state index contributed by atoms with van der Waals surface area (Å²) in [4.78, 5) is 0. The Morgan fingerprint density at radius 1 is 1.25 bits per heavy atom. The van der Waals surface area contributed by atoms with Crippen molar-refractivity contribution in [1.29, 1.82) is 0 Å². The Morgan fingerprint density at radius 2 is 1.88 bits per heavy atom. The van der Waals surface area contributed by atoms with Crippen LogP contribution in [0.5, 0.6) is 0 Å². The SMILES string of the molecule is O=S(=O)(C=Cc1ccc(Cl)cc1)NC1CC1. The predicted molar refractivity (Wildman–Crippen MR) is 65.6 cm³/mol. The molecule has 0 amide bonds. The fraction of sp³-hybridized carbons (Fsp3) is 0.273. The van der Waals surface area contributed by atoms with E-state index in [1.807, 2.05) is 0 Å². The zero-order valence-electron chi connectivity index (χ0n) is 8.56. The summed E-state index contributed by atoms with van der Waals surface area (Å²) in [6, 6.07) is 7.13. The average molecular weight is 258 g/mol. The molecule has 0 saturated heterocycles. The van der Waals surface area contributed by atoms with Crippen molar-refractivity contribution >= 4 is 27.7 Å². The molecule has 0 aliphatic heterocycles. The number of nitrogens with one attached hydrogen (secondary N) is 1. The summed E-state index contributed by atoms with van der Waals surface area (Å²) in [5, 5.41) is 1.82. The van der Waals surface area contributed by atoms with Gasteiger partial charge in [-0.15, -0.1) is 0 Å². The molecule has 0 heterocycles. The molecule has 0 radical (unpaired) electrons. The van der Waals surface area contributed by atoms with E-state index in [0.717, 1.165) is 18.4 Å². The third-order valence-corrected chi connectivity index (χ3v) is 3.63. The summed E-state index contributed by atoms with van der Waals surface area (Å²) in [7, 11) is -3.29. The molecule has 1 aliphatic rings. The lowest BCUT2D eigenvalue weighted by atomic mass is 10.2. The normalized spacial score (nSPS) is 16.8. The zero-order valence-corrected chi connectivity index (χ0v) is 10.1. The molecule has 1 fully saturated rings. The Morgan fingerprint density at radius 3 is 2.44 bits per heavy atom. The lowest BCUT2D eigenvalue weighted by molar-refractivity contribution is 0.590. The van der Waals surface area contributed by atoms with E-state index in [2.05, 4.69) is 4.72 Å². The first-order chi connectivity index (χ1) is 7.55. The van der Waals surface area contributed by atoms with Crippen LogP contribution in [0.1, 0.15) is 18.4 Å². The molecular formula is C11H12ClNO2S. The summed E-state index contributed by atoms with van der Waals surface area (Å²) < 4.78 is 25.6. The van der Waals surface area contributed by atoms with Crippen LogP contribution in [0.3, 0.4) is 0 Å². The van der Waals surface area contributed by atoms with E-state index in [-0.39, 0.29) is 6.04 Å². The van der Waals surface area contributed by atoms with Crippen LogP contribution in [-0.2, 0) is 10.0 Å². The highest BCUT2D eigenvalue weighted by atomic mass is 35.5. The quantitative estimate of drug-likeness (QED) is 0.900. The van der Waals surface area contributed by atoms with Crippen LogP contribution in [0.4, 0.5) is 0 Å². The van der Waals surface area contributed by atoms with E-state index in [0.29, 0.717) is 5.02 Å². The van der Waals surface area contributed by atoms with Crippen LogP contribution in [-0.4, -0.2) is 14.5 Å². The highest BCUT2D eigenvalue weighted by Gasteiger charge is 2.25. The Kier molecular flexibility index (Phi) is 3.33. The maximum atomic E-state index is 11.5. The first-order valence-corrected chi connectivity index (χ1v) is 6.93. The second-order valence-corrected chi connectivity index (χ2v) is 5.83. The van der Waals surface area contributed by atoms with Gasteiger partial charge in [0.1, 0.15) is 0 Å². The second-order valence-electron chi connectivity index (χ2n) is 3.79. The molecule has 1 aliphatic carbocycles. The van der Waals surface area contributed by atoms with Crippen LogP contribution in [0, 0.1) is 0 Å². The molecule has 0 unspecified atom stereocenters. The minimum Gasteiger partial charge on any atom is -0.209 e. The maximum Gasteiger partial charge on any atom is 0.233 e. The fourth-order valence-corrected chi connectivity index (χ4v) is 2.46. The van der Waals surface area contributed by atoms with Gasteiger partial charge in [-0.1, -0.05) is 23.7 Å². The first-order valence-electron chi connectivity index (χ1n) is 5.01. The molecule has 0 bridgehead atoms. The number of sulfonamides is 1. The van der Waals surface area contributed by atoms with E-state index in [4.69, 9.17) is 11.6 Å². The zero-order chi connectivity index (χ0) is 11.6. The van der Waals surface area contributed by atoms with Gasteiger partial charge in [0.2, 0.25) is 10.0 Å². The van der Waals surface area contributed by atoms with Crippen molar-refractivity contribution in [3.8, 4) is 0 Å². The van der Waals surface area contributed by atoms with Crippen molar-refractivity contribution in [2.75, 3.05) is 0 Å². The molecule has 5 heteroatoms. The highest BCUT2D eigenvalue weighted by molar-refractivity contribution is 7.92. The van der Waals surface area contributed by atoms with Crippen molar-refractivity contribution in [3.63, 3.8) is 0 Å². The van der Waals surface area contributed by atoms with Crippen LogP contribution < -0.4 is 4.72 Å². The van der Waals surface area contributed by atoms with E-state index in [1.54, 1.807) is 30.3 Å². The molecule has 1 aromatic carbocycles. The van der Waals surface area contributed by atoms with Gasteiger partial charge in [0.05, 0.1) is 0 Å². The number of rotatable bonds is 4. The average Bonchev–Trinajstić information content (AvgIpc) is 3.00. The summed E-state index contributed by atoms with van der Waals surface area (Å²) in [5.74, 6) is 0. The molecule has 0 aromatic heterocycles. The number of hydrogen-bond donors (Lipinski definition) is 1. The number of hydrogen-bond acceptors (Lipinski definition) is 2. The predicted octanol–water partition coefficient (Wildman–Crippen LogP) is 2.39. The lowest BCUT2D eigenvalue weighted by Gasteiger charge is -1.99. The summed E-state index contributed by atoms with van der Waals surface area (Å²) in [6.45, 7) is 0. The lowest BCUT2D eigenvalue weighted by Crippen LogP contribution is -2.23. The first kappa shape index (κ1) is 11.6. The van der Waals surface area contributed by atoms with Crippen LogP contribution in [0.15, 0.2) is 29.7 Å². The molecule has 2 rings (SSSR count). The second kappa shape index (κ2) is 4.57. The highest BCUT2D eigenvalue weighted by Crippen LogP contribution is 2.20. The Hall–Kier alpha value is -0.840. The van der Waals surface area contributed by atoms with Gasteiger partial charge in [-0.25, -0.2) is 13.1 Å². The van der Waals surface area contributed by atoms with Crippen molar-refractivity contribution in [2.24, 2.45) is 0 Å². The molecular weight excluding hydrogens is 246 g/mol. The Labute approximate surface area is 100 Å². The van der Waals surface area contributed by atoms with Crippen molar-refractivity contribution in [1.82, 2.24) is 4.72 Å². The van der Waals surface area contributed by atoms with Crippen molar-refractivity contribution in [2.45, 2.75) is 18.9 Å². The topological polar surface area (TPSA) is 46.2 Å². The molecule has 86 valence electrons. The van der Waals surface area contributed by atoms with Gasteiger partial charge in [-0.2, -0.15) is 0 Å². The van der Waals surface area contributed by atoms with Gasteiger partial charge in [0, 0.05) is 16.5 Å².